The summed E-state index contributed by atoms with van der Waals surface area (Å²) in [5.74, 6) is 0.686. The van der Waals surface area contributed by atoms with Crippen molar-refractivity contribution in [2.45, 2.75) is 0 Å². The molecule has 80 heavy (non-hydrogen) atoms. The monoisotopic (exact) mass is 1050 g/mol. The van der Waals surface area contributed by atoms with E-state index in [1.807, 2.05) is 0 Å². The first-order valence-corrected chi connectivity index (χ1v) is 31.6. The first kappa shape index (κ1) is 47.4. The van der Waals surface area contributed by atoms with Crippen molar-refractivity contribution in [1.29, 1.82) is 0 Å². The molecule has 13 aromatic rings. The third-order valence-electron chi connectivity index (χ3n) is 16.9. The molecule has 0 fully saturated rings. The Morgan fingerprint density at radius 1 is 0.188 bits per heavy atom. The molecule has 0 N–H and O–H groups in total. The molecule has 2 aliphatic heterocycles. The summed E-state index contributed by atoms with van der Waals surface area (Å²) in [6.07, 6.45) is 0. The van der Waals surface area contributed by atoms with Crippen LogP contribution in [0.5, 0.6) is 0 Å². The molecule has 0 spiro atoms. The van der Waals surface area contributed by atoms with Crippen LogP contribution in [0.1, 0.15) is 0 Å². The lowest BCUT2D eigenvalue weighted by atomic mass is 9.92. The van der Waals surface area contributed by atoms with E-state index >= 15 is 0 Å². The lowest BCUT2D eigenvalue weighted by Gasteiger charge is -2.31. The molecule has 2 nitrogen and oxygen atoms in total. The molecule has 15 rings (SSSR count). The molecule has 1 aromatic heterocycles. The van der Waals surface area contributed by atoms with Gasteiger partial charge in [0.25, 0.3) is 0 Å². The van der Waals surface area contributed by atoms with Crippen molar-refractivity contribution in [2.24, 2.45) is 0 Å². The Morgan fingerprint density at radius 3 is 0.938 bits per heavy atom. The van der Waals surface area contributed by atoms with Gasteiger partial charge in [-0.3, -0.25) is 0 Å². The predicted octanol–water partition coefficient (Wildman–Crippen LogP) is 13.2. The molecule has 0 atom stereocenters. The molecule has 0 amide bonds. The van der Waals surface area contributed by atoms with Crippen LogP contribution >= 0.6 is 0 Å². The van der Waals surface area contributed by atoms with Crippen molar-refractivity contribution in [2.75, 3.05) is 0 Å². The molecule has 0 saturated heterocycles. The minimum absolute atomic E-state index is 0.686. The molecule has 0 saturated carbocycles. The Labute approximate surface area is 469 Å². The smallest absolute Gasteiger partial charge is 0.180 e. The number of hydrogen-bond acceptors (Lipinski definition) is 2. The van der Waals surface area contributed by atoms with Gasteiger partial charge in [0.2, 0.25) is 0 Å². The van der Waals surface area contributed by atoms with Gasteiger partial charge >= 0.3 is 0 Å². The van der Waals surface area contributed by atoms with Crippen LogP contribution in [0.3, 0.4) is 0 Å². The van der Waals surface area contributed by atoms with Gasteiger partial charge in [-0.1, -0.05) is 291 Å². The minimum atomic E-state index is -2.80. The molecule has 0 unspecified atom stereocenters. The summed E-state index contributed by atoms with van der Waals surface area (Å²) in [5, 5.41) is 11.2. The number of benzene rings is 12. The quantitative estimate of drug-likeness (QED) is 0.128. The van der Waals surface area contributed by atoms with Gasteiger partial charge in [0.15, 0.2) is 22.0 Å². The van der Waals surface area contributed by atoms with Crippen LogP contribution in [0.15, 0.2) is 315 Å². The summed E-state index contributed by atoms with van der Waals surface area (Å²) in [7, 11) is -5.60. The Hall–Kier alpha value is -9.85. The van der Waals surface area contributed by atoms with E-state index in [2.05, 4.69) is 315 Å². The maximum absolute atomic E-state index is 5.51. The number of fused-ring (bicyclic) bond motifs is 6. The van der Waals surface area contributed by atoms with Crippen LogP contribution in [-0.4, -0.2) is 26.1 Å². The molecule has 0 bridgehead atoms. The van der Waals surface area contributed by atoms with E-state index in [1.165, 1.54) is 80.4 Å². The molecular formula is C76H52N2Si2. The lowest BCUT2D eigenvalue weighted by Crippen LogP contribution is -2.72. The zero-order valence-corrected chi connectivity index (χ0v) is 45.9. The number of rotatable bonds is 10. The topological polar surface area (TPSA) is 25.8 Å². The molecule has 2 aliphatic rings. The predicted molar refractivity (Wildman–Crippen MR) is 340 cm³/mol. The molecule has 12 aromatic carbocycles. The third-order valence-corrected chi connectivity index (χ3v) is 26.6. The first-order chi connectivity index (χ1) is 39.6. The molecular weight excluding hydrogens is 997 g/mol. The van der Waals surface area contributed by atoms with Gasteiger partial charge in [-0.15, -0.1) is 0 Å². The molecule has 3 heterocycles. The fourth-order valence-corrected chi connectivity index (χ4v) is 23.7. The third kappa shape index (κ3) is 7.67. The highest BCUT2D eigenvalue weighted by Gasteiger charge is 2.50. The van der Waals surface area contributed by atoms with Crippen LogP contribution < -0.4 is 41.5 Å². The first-order valence-electron chi connectivity index (χ1n) is 27.6. The highest BCUT2D eigenvalue weighted by Crippen LogP contribution is 2.39. The molecule has 4 heteroatoms. The van der Waals surface area contributed by atoms with E-state index in [-0.39, 0.29) is 0 Å². The van der Waals surface area contributed by atoms with Crippen molar-refractivity contribution >= 4 is 57.6 Å². The zero-order chi connectivity index (χ0) is 53.0. The zero-order valence-electron chi connectivity index (χ0n) is 43.9. The van der Waals surface area contributed by atoms with Crippen LogP contribution in [0.2, 0.25) is 0 Å². The van der Waals surface area contributed by atoms with Crippen LogP contribution in [0.4, 0.5) is 0 Å². The van der Waals surface area contributed by atoms with Gasteiger partial charge in [0, 0.05) is 16.7 Å². The summed E-state index contributed by atoms with van der Waals surface area (Å²) in [4.78, 5) is 10.8. The maximum atomic E-state index is 5.51. The van der Waals surface area contributed by atoms with Crippen molar-refractivity contribution < 1.29 is 0 Å². The summed E-state index contributed by atoms with van der Waals surface area (Å²) >= 11 is 0. The van der Waals surface area contributed by atoms with Crippen LogP contribution in [0.25, 0.3) is 89.5 Å². The Morgan fingerprint density at radius 2 is 0.500 bits per heavy atom. The maximum Gasteiger partial charge on any atom is 0.180 e. The SMILES string of the molecule is c1ccc(-c2ccc(-c3cc(-c4cc(-c5ccc6c(c5)[Si](c5ccccc5)(c5ccccc5)c5ccccc5-6)cc(-c5ccc6c(c5)[Si](c5ccccc5)(c5ccccc5)c5ccccc5-6)c4)nc(-c4ccccc4)n3)cc2)cc1. The van der Waals surface area contributed by atoms with Crippen molar-refractivity contribution in [1.82, 2.24) is 9.97 Å². The second-order valence-corrected chi connectivity index (χ2v) is 28.6. The normalized spacial score (nSPS) is 13.2. The van der Waals surface area contributed by atoms with Gasteiger partial charge in [-0.05, 0) is 121 Å². The Bertz CT molecular complexity index is 4160. The second-order valence-electron chi connectivity index (χ2n) is 21.1. The molecule has 0 radical (unpaired) electrons. The van der Waals surface area contributed by atoms with Gasteiger partial charge in [-0.2, -0.15) is 0 Å². The van der Waals surface area contributed by atoms with Crippen molar-refractivity contribution in [3.05, 3.63) is 315 Å². The minimum Gasteiger partial charge on any atom is -0.228 e. The van der Waals surface area contributed by atoms with E-state index < -0.39 is 16.1 Å². The van der Waals surface area contributed by atoms with E-state index in [4.69, 9.17) is 9.97 Å². The summed E-state index contributed by atoms with van der Waals surface area (Å²) in [6, 6.07) is 117. The standard InChI is InChI=1S/C76H52N2Si2/c1-7-23-53(24-8-1)54-39-41-55(42-40-54)70-52-71(78-76(77-70)56-25-9-2-10-26-56)61-48-59(57-43-45-68-66-35-19-21-37-72(66)79(74(68)50-57,62-27-11-3-12-28-62)63-29-13-4-14-30-63)47-60(49-61)58-44-46-69-67-36-20-22-38-73(67)80(75(69)51-58,64-31-15-5-16-32-64)65-33-17-6-18-34-65/h1-52H. The second kappa shape index (κ2) is 19.6. The van der Waals surface area contributed by atoms with Crippen molar-refractivity contribution in [3.8, 4) is 89.5 Å². The van der Waals surface area contributed by atoms with E-state index in [0.29, 0.717) is 5.82 Å². The number of aromatic nitrogens is 2. The summed E-state index contributed by atoms with van der Waals surface area (Å²) in [5.41, 5.74) is 17.0. The molecule has 374 valence electrons. The fraction of sp³-hybridized carbons (Fsp3) is 0. The fourth-order valence-electron chi connectivity index (χ4n) is 13.3. The summed E-state index contributed by atoms with van der Waals surface area (Å²) in [6.45, 7) is 0. The Kier molecular flexibility index (Phi) is 11.6. The van der Waals surface area contributed by atoms with Gasteiger partial charge in [-0.25, -0.2) is 9.97 Å². The van der Waals surface area contributed by atoms with E-state index in [1.54, 1.807) is 0 Å². The average molecular weight is 1050 g/mol. The lowest BCUT2D eigenvalue weighted by molar-refractivity contribution is 1.18. The number of hydrogen-bond donors (Lipinski definition) is 0. The van der Waals surface area contributed by atoms with E-state index in [9.17, 15) is 0 Å². The highest BCUT2D eigenvalue weighted by atomic mass is 28.3. The van der Waals surface area contributed by atoms with Gasteiger partial charge in [0.1, 0.15) is 0 Å². The summed E-state index contributed by atoms with van der Waals surface area (Å²) < 4.78 is 0. The largest absolute Gasteiger partial charge is 0.228 e. The van der Waals surface area contributed by atoms with Crippen LogP contribution in [0, 0.1) is 0 Å². The molecule has 0 aliphatic carbocycles. The van der Waals surface area contributed by atoms with Crippen molar-refractivity contribution in [3.63, 3.8) is 0 Å². The van der Waals surface area contributed by atoms with Crippen LogP contribution in [-0.2, 0) is 0 Å². The van der Waals surface area contributed by atoms with Gasteiger partial charge < -0.3 is 0 Å². The Balaban J connectivity index is 0.979. The van der Waals surface area contributed by atoms with Gasteiger partial charge in [0.05, 0.1) is 11.4 Å². The van der Waals surface area contributed by atoms with E-state index in [0.717, 1.165) is 44.8 Å². The number of nitrogens with zero attached hydrogens (tertiary/aromatic N) is 2. The highest BCUT2D eigenvalue weighted by molar-refractivity contribution is 7.23. The average Bonchev–Trinajstić information content (AvgIpc) is 4.24.